The van der Waals surface area contributed by atoms with Gasteiger partial charge in [-0.3, -0.25) is 0 Å². The fourth-order valence-corrected chi connectivity index (χ4v) is 1.35. The van der Waals surface area contributed by atoms with Crippen LogP contribution in [-0.2, 0) is 0 Å². The van der Waals surface area contributed by atoms with Gasteiger partial charge in [0.25, 0.3) is 0 Å². The number of nitrogen functional groups attached to an aromatic ring is 1. The second kappa shape index (κ2) is 3.68. The van der Waals surface area contributed by atoms with E-state index in [1.807, 2.05) is 24.3 Å². The molecular formula is C10H13N5. The van der Waals surface area contributed by atoms with E-state index in [0.29, 0.717) is 0 Å². The molecule has 0 atom stereocenters. The Morgan fingerprint density at radius 3 is 2.47 bits per heavy atom. The van der Waals surface area contributed by atoms with Crippen LogP contribution >= 0.6 is 0 Å². The number of anilines is 1. The van der Waals surface area contributed by atoms with Crippen LogP contribution in [0.25, 0.3) is 5.69 Å². The summed E-state index contributed by atoms with van der Waals surface area (Å²) in [6.07, 6.45) is 0. The Bertz CT molecular complexity index is 443. The highest BCUT2D eigenvalue weighted by molar-refractivity contribution is 5.44. The number of aromatic nitrogens is 4. The van der Waals surface area contributed by atoms with Gasteiger partial charge in [0.15, 0.2) is 5.82 Å². The number of tetrazole rings is 1. The lowest BCUT2D eigenvalue weighted by atomic mass is 10.2. The molecule has 1 aromatic carbocycles. The minimum absolute atomic E-state index is 0.289. The molecule has 5 nitrogen and oxygen atoms in total. The van der Waals surface area contributed by atoms with E-state index in [0.717, 1.165) is 17.2 Å². The molecule has 0 saturated heterocycles. The SMILES string of the molecule is CC(C)c1nnnn1-c1ccc(N)cc1. The van der Waals surface area contributed by atoms with Crippen LogP contribution in [-0.4, -0.2) is 20.2 Å². The smallest absolute Gasteiger partial charge is 0.159 e. The third-order valence-corrected chi connectivity index (χ3v) is 2.15. The topological polar surface area (TPSA) is 69.6 Å². The van der Waals surface area contributed by atoms with Gasteiger partial charge in [-0.1, -0.05) is 13.8 Å². The molecule has 0 saturated carbocycles. The molecule has 2 aromatic rings. The first-order chi connectivity index (χ1) is 7.18. The zero-order valence-corrected chi connectivity index (χ0v) is 8.75. The first kappa shape index (κ1) is 9.64. The predicted octanol–water partition coefficient (Wildman–Crippen LogP) is 1.37. The second-order valence-electron chi connectivity index (χ2n) is 3.70. The summed E-state index contributed by atoms with van der Waals surface area (Å²) in [6.45, 7) is 4.11. The van der Waals surface area contributed by atoms with Gasteiger partial charge >= 0.3 is 0 Å². The van der Waals surface area contributed by atoms with Gasteiger partial charge in [-0.05, 0) is 34.7 Å². The molecule has 2 N–H and O–H groups in total. The Hall–Kier alpha value is -1.91. The van der Waals surface area contributed by atoms with Crippen molar-refractivity contribution in [3.63, 3.8) is 0 Å². The van der Waals surface area contributed by atoms with Crippen molar-refractivity contribution in [1.82, 2.24) is 20.2 Å². The second-order valence-corrected chi connectivity index (χ2v) is 3.70. The van der Waals surface area contributed by atoms with Gasteiger partial charge in [0, 0.05) is 11.6 Å². The van der Waals surface area contributed by atoms with Gasteiger partial charge in [-0.15, -0.1) is 5.10 Å². The highest BCUT2D eigenvalue weighted by Gasteiger charge is 2.10. The number of nitrogens with zero attached hydrogens (tertiary/aromatic N) is 4. The Balaban J connectivity index is 2.45. The van der Waals surface area contributed by atoms with Gasteiger partial charge in [0.1, 0.15) is 0 Å². The highest BCUT2D eigenvalue weighted by Crippen LogP contribution is 2.15. The average Bonchev–Trinajstić information content (AvgIpc) is 2.67. The van der Waals surface area contributed by atoms with E-state index in [9.17, 15) is 0 Å². The molecule has 0 spiro atoms. The summed E-state index contributed by atoms with van der Waals surface area (Å²) in [5.41, 5.74) is 7.28. The molecule has 0 radical (unpaired) electrons. The van der Waals surface area contributed by atoms with Crippen molar-refractivity contribution in [3.05, 3.63) is 30.1 Å². The molecule has 2 rings (SSSR count). The lowest BCUT2D eigenvalue weighted by Crippen LogP contribution is -2.04. The fourth-order valence-electron chi connectivity index (χ4n) is 1.35. The van der Waals surface area contributed by atoms with Crippen molar-refractivity contribution < 1.29 is 0 Å². The lowest BCUT2D eigenvalue weighted by Gasteiger charge is -2.06. The van der Waals surface area contributed by atoms with E-state index >= 15 is 0 Å². The van der Waals surface area contributed by atoms with Gasteiger partial charge in [0.2, 0.25) is 0 Å². The standard InChI is InChI=1S/C10H13N5/c1-7(2)10-12-13-14-15(10)9-5-3-8(11)4-6-9/h3-7H,11H2,1-2H3. The van der Waals surface area contributed by atoms with E-state index in [2.05, 4.69) is 29.4 Å². The molecule has 0 aliphatic heterocycles. The zero-order valence-electron chi connectivity index (χ0n) is 8.75. The Morgan fingerprint density at radius 1 is 1.20 bits per heavy atom. The molecule has 0 aliphatic carbocycles. The van der Waals surface area contributed by atoms with E-state index in [1.165, 1.54) is 0 Å². The first-order valence-electron chi connectivity index (χ1n) is 4.82. The maximum Gasteiger partial charge on any atom is 0.159 e. The van der Waals surface area contributed by atoms with E-state index in [4.69, 9.17) is 5.73 Å². The number of benzene rings is 1. The number of rotatable bonds is 2. The van der Waals surface area contributed by atoms with E-state index in [1.54, 1.807) is 4.68 Å². The normalized spacial score (nSPS) is 10.9. The van der Waals surface area contributed by atoms with Crippen molar-refractivity contribution >= 4 is 5.69 Å². The van der Waals surface area contributed by atoms with Crippen LogP contribution in [0.4, 0.5) is 5.69 Å². The minimum Gasteiger partial charge on any atom is -0.399 e. The molecule has 0 amide bonds. The molecule has 78 valence electrons. The Labute approximate surface area is 87.9 Å². The molecule has 1 heterocycles. The molecule has 0 fully saturated rings. The summed E-state index contributed by atoms with van der Waals surface area (Å²) in [5, 5.41) is 11.6. The van der Waals surface area contributed by atoms with Crippen LogP contribution in [0.5, 0.6) is 0 Å². The highest BCUT2D eigenvalue weighted by atomic mass is 15.5. The zero-order chi connectivity index (χ0) is 10.8. The van der Waals surface area contributed by atoms with Gasteiger partial charge < -0.3 is 5.73 Å². The summed E-state index contributed by atoms with van der Waals surface area (Å²) < 4.78 is 1.73. The lowest BCUT2D eigenvalue weighted by molar-refractivity contribution is 0.710. The molecule has 0 bridgehead atoms. The first-order valence-corrected chi connectivity index (χ1v) is 4.82. The summed E-state index contributed by atoms with van der Waals surface area (Å²) in [5.74, 6) is 1.14. The van der Waals surface area contributed by atoms with Crippen LogP contribution in [0, 0.1) is 0 Å². The van der Waals surface area contributed by atoms with Gasteiger partial charge in [-0.2, -0.15) is 4.68 Å². The quantitative estimate of drug-likeness (QED) is 0.748. The third kappa shape index (κ3) is 1.81. The molecule has 5 heteroatoms. The molecule has 15 heavy (non-hydrogen) atoms. The van der Waals surface area contributed by atoms with Crippen molar-refractivity contribution in [1.29, 1.82) is 0 Å². The number of hydrogen-bond acceptors (Lipinski definition) is 4. The third-order valence-electron chi connectivity index (χ3n) is 2.15. The maximum absolute atomic E-state index is 5.62. The monoisotopic (exact) mass is 203 g/mol. The molecule has 0 aliphatic rings. The van der Waals surface area contributed by atoms with Gasteiger partial charge in [0.05, 0.1) is 5.69 Å². The van der Waals surface area contributed by atoms with Crippen LogP contribution in [0.3, 0.4) is 0 Å². The molecule has 1 aromatic heterocycles. The number of hydrogen-bond donors (Lipinski definition) is 1. The van der Waals surface area contributed by atoms with E-state index in [-0.39, 0.29) is 5.92 Å². The van der Waals surface area contributed by atoms with Crippen molar-refractivity contribution in [3.8, 4) is 5.69 Å². The van der Waals surface area contributed by atoms with Crippen LogP contribution in [0.15, 0.2) is 24.3 Å². The Morgan fingerprint density at radius 2 is 1.87 bits per heavy atom. The van der Waals surface area contributed by atoms with Crippen molar-refractivity contribution in [2.75, 3.05) is 5.73 Å². The summed E-state index contributed by atoms with van der Waals surface area (Å²) in [7, 11) is 0. The van der Waals surface area contributed by atoms with Crippen LogP contribution in [0.2, 0.25) is 0 Å². The fraction of sp³-hybridized carbons (Fsp3) is 0.300. The molecular weight excluding hydrogens is 190 g/mol. The van der Waals surface area contributed by atoms with Gasteiger partial charge in [-0.25, -0.2) is 0 Å². The predicted molar refractivity (Wildman–Crippen MR) is 57.7 cm³/mol. The minimum atomic E-state index is 0.289. The summed E-state index contributed by atoms with van der Waals surface area (Å²) >= 11 is 0. The van der Waals surface area contributed by atoms with Crippen LogP contribution < -0.4 is 5.73 Å². The maximum atomic E-state index is 5.62. The van der Waals surface area contributed by atoms with Crippen LogP contribution in [0.1, 0.15) is 25.6 Å². The summed E-state index contributed by atoms with van der Waals surface area (Å²) in [6, 6.07) is 7.47. The van der Waals surface area contributed by atoms with E-state index < -0.39 is 0 Å². The number of nitrogens with two attached hydrogens (primary N) is 1. The average molecular weight is 203 g/mol. The Kier molecular flexibility index (Phi) is 2.37. The van der Waals surface area contributed by atoms with Crippen molar-refractivity contribution in [2.45, 2.75) is 19.8 Å². The molecule has 0 unspecified atom stereocenters. The largest absolute Gasteiger partial charge is 0.399 e. The summed E-state index contributed by atoms with van der Waals surface area (Å²) in [4.78, 5) is 0. The van der Waals surface area contributed by atoms with Crippen molar-refractivity contribution in [2.24, 2.45) is 0 Å².